The Morgan fingerprint density at radius 2 is 2.14 bits per heavy atom. The lowest BCUT2D eigenvalue weighted by molar-refractivity contribution is -0.137. The number of H-pyrrole nitrogens is 1. The van der Waals surface area contributed by atoms with Crippen LogP contribution in [0.2, 0.25) is 0 Å². The molecule has 1 saturated heterocycles. The maximum Gasteiger partial charge on any atom is 0.416 e. The van der Waals surface area contributed by atoms with E-state index in [1.807, 2.05) is 0 Å². The minimum Gasteiger partial charge on any atom is -0.352 e. The molecule has 1 aliphatic rings. The third-order valence-corrected chi connectivity index (χ3v) is 3.91. The van der Waals surface area contributed by atoms with Crippen molar-refractivity contribution in [1.82, 2.24) is 14.9 Å². The number of carbonyl (C=O) groups excluding carboxylic acids is 1. The van der Waals surface area contributed by atoms with E-state index in [0.717, 1.165) is 12.1 Å². The average Bonchev–Trinajstić information content (AvgIpc) is 2.93. The van der Waals surface area contributed by atoms with Crippen LogP contribution < -0.4 is 5.32 Å². The summed E-state index contributed by atoms with van der Waals surface area (Å²) in [6.07, 6.45) is -3.21. The molecule has 0 saturated carbocycles. The van der Waals surface area contributed by atoms with E-state index in [0.29, 0.717) is 35.2 Å². The highest BCUT2D eigenvalue weighted by Gasteiger charge is 2.31. The first-order valence-corrected chi connectivity index (χ1v) is 6.84. The van der Waals surface area contributed by atoms with Crippen LogP contribution in [0.25, 0.3) is 11.0 Å². The number of benzene rings is 1. The molecule has 0 aliphatic carbocycles. The van der Waals surface area contributed by atoms with E-state index < -0.39 is 11.7 Å². The molecule has 0 spiro atoms. The van der Waals surface area contributed by atoms with Crippen molar-refractivity contribution < 1.29 is 18.0 Å². The monoisotopic (exact) mass is 315 g/mol. The van der Waals surface area contributed by atoms with Gasteiger partial charge in [0.1, 0.15) is 0 Å². The molecule has 1 aromatic heterocycles. The molecule has 2 heterocycles. The third-order valence-electron chi connectivity index (χ3n) is 3.59. The first-order valence-electron chi connectivity index (χ1n) is 6.44. The molecule has 0 bridgehead atoms. The zero-order valence-electron chi connectivity index (χ0n) is 10.8. The first kappa shape index (κ1) is 14.1. The number of hydrogen-bond acceptors (Lipinski definition) is 2. The Hall–Kier alpha value is -1.83. The van der Waals surface area contributed by atoms with E-state index in [4.69, 9.17) is 12.2 Å². The van der Waals surface area contributed by atoms with Gasteiger partial charge in [0, 0.05) is 19.0 Å². The highest BCUT2D eigenvalue weighted by atomic mass is 32.1. The second-order valence-corrected chi connectivity index (χ2v) is 5.46. The van der Waals surface area contributed by atoms with Crippen LogP contribution in [0, 0.1) is 4.77 Å². The molecule has 21 heavy (non-hydrogen) atoms. The van der Waals surface area contributed by atoms with Crippen molar-refractivity contribution >= 4 is 29.2 Å². The Morgan fingerprint density at radius 3 is 2.76 bits per heavy atom. The van der Waals surface area contributed by atoms with Gasteiger partial charge >= 0.3 is 6.18 Å². The van der Waals surface area contributed by atoms with Gasteiger partial charge in [-0.1, -0.05) is 0 Å². The predicted octanol–water partition coefficient (Wildman–Crippen LogP) is 3.00. The summed E-state index contributed by atoms with van der Waals surface area (Å²) in [7, 11) is 0. The van der Waals surface area contributed by atoms with Crippen molar-refractivity contribution in [2.75, 3.05) is 0 Å². The Labute approximate surface area is 123 Å². The molecule has 8 heteroatoms. The average molecular weight is 315 g/mol. The molecule has 1 unspecified atom stereocenters. The Kier molecular flexibility index (Phi) is 3.27. The van der Waals surface area contributed by atoms with Crippen molar-refractivity contribution in [3.05, 3.63) is 28.5 Å². The van der Waals surface area contributed by atoms with Gasteiger partial charge < -0.3 is 14.9 Å². The van der Waals surface area contributed by atoms with Crippen LogP contribution in [-0.4, -0.2) is 21.5 Å². The normalized spacial score (nSPS) is 19.2. The second kappa shape index (κ2) is 4.87. The summed E-state index contributed by atoms with van der Waals surface area (Å²) in [5.74, 6) is -0.00860. The van der Waals surface area contributed by atoms with Gasteiger partial charge in [0.2, 0.25) is 5.91 Å². The van der Waals surface area contributed by atoms with Crippen LogP contribution in [0.15, 0.2) is 18.2 Å². The highest BCUT2D eigenvalue weighted by Crippen LogP contribution is 2.31. The smallest absolute Gasteiger partial charge is 0.352 e. The van der Waals surface area contributed by atoms with Crippen molar-refractivity contribution in [2.45, 2.75) is 31.6 Å². The van der Waals surface area contributed by atoms with E-state index in [1.54, 1.807) is 4.57 Å². The first-order chi connectivity index (χ1) is 9.84. The van der Waals surface area contributed by atoms with Crippen molar-refractivity contribution in [2.24, 2.45) is 0 Å². The molecular weight excluding hydrogens is 303 g/mol. The second-order valence-electron chi connectivity index (χ2n) is 5.07. The fourth-order valence-electron chi connectivity index (χ4n) is 2.56. The summed E-state index contributed by atoms with van der Waals surface area (Å²) in [4.78, 5) is 14.0. The summed E-state index contributed by atoms with van der Waals surface area (Å²) in [6.45, 7) is 0.454. The molecule has 1 aromatic carbocycles. The number of nitrogens with one attached hydrogen (secondary N) is 2. The number of amides is 1. The molecule has 1 amide bonds. The quantitative estimate of drug-likeness (QED) is 0.837. The fraction of sp³-hybridized carbons (Fsp3) is 0.385. The number of halogens is 3. The number of aromatic nitrogens is 2. The summed E-state index contributed by atoms with van der Waals surface area (Å²) in [6, 6.07) is 3.45. The van der Waals surface area contributed by atoms with Crippen LogP contribution in [-0.2, 0) is 17.5 Å². The van der Waals surface area contributed by atoms with Gasteiger partial charge in [-0.05, 0) is 36.8 Å². The topological polar surface area (TPSA) is 49.8 Å². The van der Waals surface area contributed by atoms with E-state index in [1.165, 1.54) is 6.07 Å². The molecule has 2 N–H and O–H groups in total. The number of carbonyl (C=O) groups is 1. The molecule has 112 valence electrons. The summed E-state index contributed by atoms with van der Waals surface area (Å²) in [5.41, 5.74) is 0.237. The van der Waals surface area contributed by atoms with E-state index in [-0.39, 0.29) is 11.9 Å². The lowest BCUT2D eigenvalue weighted by Crippen LogP contribution is -2.29. The van der Waals surface area contributed by atoms with Gasteiger partial charge in [-0.15, -0.1) is 0 Å². The van der Waals surface area contributed by atoms with Crippen molar-refractivity contribution in [1.29, 1.82) is 0 Å². The van der Waals surface area contributed by atoms with Gasteiger partial charge in [-0.25, -0.2) is 0 Å². The van der Waals surface area contributed by atoms with Gasteiger partial charge in [-0.2, -0.15) is 13.2 Å². The maximum absolute atomic E-state index is 12.7. The molecule has 1 aliphatic heterocycles. The molecular formula is C13H12F3N3OS. The van der Waals surface area contributed by atoms with E-state index >= 15 is 0 Å². The summed E-state index contributed by atoms with van der Waals surface area (Å²) >= 11 is 5.17. The van der Waals surface area contributed by atoms with Crippen molar-refractivity contribution in [3.8, 4) is 0 Å². The third kappa shape index (κ3) is 2.67. The number of alkyl halides is 3. The Morgan fingerprint density at radius 1 is 1.38 bits per heavy atom. The molecule has 4 nitrogen and oxygen atoms in total. The lowest BCUT2D eigenvalue weighted by Gasteiger charge is -2.12. The summed E-state index contributed by atoms with van der Waals surface area (Å²) in [5, 5.41) is 2.82. The van der Waals surface area contributed by atoms with Crippen molar-refractivity contribution in [3.63, 3.8) is 0 Å². The van der Waals surface area contributed by atoms with Gasteiger partial charge in [0.25, 0.3) is 0 Å². The number of hydrogen-bond donors (Lipinski definition) is 2. The summed E-state index contributed by atoms with van der Waals surface area (Å²) < 4.78 is 40.2. The van der Waals surface area contributed by atoms with Crippen LogP contribution in [0.1, 0.15) is 18.4 Å². The number of aromatic amines is 1. The number of fused-ring (bicyclic) bond motifs is 1. The molecule has 2 aromatic rings. The number of imidazole rings is 1. The number of nitrogens with zero attached hydrogens (tertiary/aromatic N) is 1. The highest BCUT2D eigenvalue weighted by molar-refractivity contribution is 7.71. The zero-order valence-corrected chi connectivity index (χ0v) is 11.6. The van der Waals surface area contributed by atoms with Crippen LogP contribution in [0.5, 0.6) is 0 Å². The maximum atomic E-state index is 12.7. The van der Waals surface area contributed by atoms with E-state index in [9.17, 15) is 18.0 Å². The van der Waals surface area contributed by atoms with Gasteiger partial charge in [0.15, 0.2) is 4.77 Å². The zero-order chi connectivity index (χ0) is 15.2. The van der Waals surface area contributed by atoms with E-state index in [2.05, 4.69) is 10.3 Å². The molecule has 1 fully saturated rings. The SMILES string of the molecule is O=C1CCC(Cn2c(=S)[nH]c3cc(C(F)(F)F)ccc32)N1. The Bertz CT molecular complexity index is 762. The number of rotatable bonds is 2. The fourth-order valence-corrected chi connectivity index (χ4v) is 2.84. The predicted molar refractivity (Wildman–Crippen MR) is 73.3 cm³/mol. The Balaban J connectivity index is 1.98. The van der Waals surface area contributed by atoms with Crippen LogP contribution in [0.4, 0.5) is 13.2 Å². The molecule has 3 rings (SSSR count). The minimum atomic E-state index is -4.38. The molecule has 1 atom stereocenters. The van der Waals surface area contributed by atoms with Gasteiger partial charge in [-0.3, -0.25) is 4.79 Å². The van der Waals surface area contributed by atoms with Crippen LogP contribution in [0.3, 0.4) is 0 Å². The standard InChI is InChI=1S/C13H12F3N3OS/c14-13(15,16)7-1-3-10-9(5-7)18-12(21)19(10)6-8-2-4-11(20)17-8/h1,3,5,8H,2,4,6H2,(H,17,20)(H,18,21). The minimum absolute atomic E-state index is 0.00860. The lowest BCUT2D eigenvalue weighted by atomic mass is 10.2. The van der Waals surface area contributed by atoms with Gasteiger partial charge in [0.05, 0.1) is 16.6 Å². The van der Waals surface area contributed by atoms with Crippen LogP contribution >= 0.6 is 12.2 Å². The molecule has 0 radical (unpaired) electrons. The largest absolute Gasteiger partial charge is 0.416 e.